The van der Waals surface area contributed by atoms with Crippen LogP contribution in [0, 0.1) is 0 Å². The highest BCUT2D eigenvalue weighted by Crippen LogP contribution is 2.42. The van der Waals surface area contributed by atoms with Crippen LogP contribution in [0.4, 0.5) is 11.4 Å². The summed E-state index contributed by atoms with van der Waals surface area (Å²) in [6, 6.07) is 9.94. The van der Waals surface area contributed by atoms with Gasteiger partial charge in [0.1, 0.15) is 5.54 Å². The van der Waals surface area contributed by atoms with Crippen molar-refractivity contribution in [2.45, 2.75) is 16.9 Å². The number of nitrogens with zero attached hydrogens (tertiary/aromatic N) is 3. The van der Waals surface area contributed by atoms with Crippen LogP contribution in [0.15, 0.2) is 53.7 Å². The van der Waals surface area contributed by atoms with Gasteiger partial charge < -0.3 is 15.0 Å². The van der Waals surface area contributed by atoms with Crippen molar-refractivity contribution in [2.75, 3.05) is 30.5 Å². The molecular weight excluding hydrogens is 380 g/mol. The second-order valence-corrected chi connectivity index (χ2v) is 8.87. The van der Waals surface area contributed by atoms with E-state index in [4.69, 9.17) is 4.74 Å². The first kappa shape index (κ1) is 17.2. The van der Waals surface area contributed by atoms with Crippen LogP contribution >= 0.6 is 0 Å². The summed E-state index contributed by atoms with van der Waals surface area (Å²) in [4.78, 5) is 19.0. The average molecular weight is 398 g/mol. The number of carbonyl (C=O) groups excluding carboxylic acids is 1. The van der Waals surface area contributed by atoms with Gasteiger partial charge in [-0.25, -0.2) is 17.4 Å². The van der Waals surface area contributed by atoms with Crippen LogP contribution in [0.5, 0.6) is 0 Å². The predicted octanol–water partition coefficient (Wildman–Crippen LogP) is 1.82. The van der Waals surface area contributed by atoms with Crippen molar-refractivity contribution < 1.29 is 17.9 Å². The Hall–Kier alpha value is -2.91. The molecule has 0 saturated carbocycles. The fourth-order valence-electron chi connectivity index (χ4n) is 3.89. The molecule has 144 valence electrons. The third-order valence-corrected chi connectivity index (χ3v) is 7.10. The van der Waals surface area contributed by atoms with E-state index in [1.54, 1.807) is 48.3 Å². The molecule has 1 saturated heterocycles. The molecule has 1 aromatic carbocycles. The quantitative estimate of drug-likeness (QED) is 0.708. The zero-order valence-corrected chi connectivity index (χ0v) is 15.9. The molecule has 1 spiro atoms. The Labute approximate surface area is 161 Å². The molecule has 1 N–H and O–H groups in total. The summed E-state index contributed by atoms with van der Waals surface area (Å²) in [7, 11) is -2.08. The van der Waals surface area contributed by atoms with Gasteiger partial charge in [-0.1, -0.05) is 18.2 Å². The number of benzene rings is 1. The van der Waals surface area contributed by atoms with Crippen molar-refractivity contribution in [2.24, 2.45) is 0 Å². The number of aromatic nitrogens is 2. The van der Waals surface area contributed by atoms with Gasteiger partial charge in [-0.2, -0.15) is 0 Å². The van der Waals surface area contributed by atoms with Gasteiger partial charge in [0.15, 0.2) is 5.65 Å². The highest BCUT2D eigenvalue weighted by Gasteiger charge is 2.48. The molecule has 0 bridgehead atoms. The van der Waals surface area contributed by atoms with E-state index in [1.165, 1.54) is 16.4 Å². The zero-order valence-electron chi connectivity index (χ0n) is 15.1. The maximum Gasteiger partial charge on any atom is 0.269 e. The maximum absolute atomic E-state index is 13.1. The molecule has 4 heterocycles. The number of pyridine rings is 1. The van der Waals surface area contributed by atoms with Crippen molar-refractivity contribution >= 4 is 38.3 Å². The molecule has 2 aliphatic rings. The first-order valence-electron chi connectivity index (χ1n) is 8.89. The molecule has 8 nitrogen and oxygen atoms in total. The molecule has 1 atom stereocenters. The van der Waals surface area contributed by atoms with Gasteiger partial charge in [-0.3, -0.25) is 4.79 Å². The monoisotopic (exact) mass is 398 g/mol. The lowest BCUT2D eigenvalue weighted by Gasteiger charge is -2.39. The van der Waals surface area contributed by atoms with Gasteiger partial charge in [0, 0.05) is 31.7 Å². The Morgan fingerprint density at radius 3 is 2.71 bits per heavy atom. The van der Waals surface area contributed by atoms with Crippen LogP contribution in [0.3, 0.4) is 0 Å². The van der Waals surface area contributed by atoms with Crippen LogP contribution in [-0.2, 0) is 19.6 Å². The predicted molar refractivity (Wildman–Crippen MR) is 104 cm³/mol. The number of amides is 1. The van der Waals surface area contributed by atoms with Gasteiger partial charge in [0.25, 0.3) is 15.9 Å². The lowest BCUT2D eigenvalue weighted by molar-refractivity contribution is -0.122. The number of fused-ring (bicyclic) bond motifs is 3. The summed E-state index contributed by atoms with van der Waals surface area (Å²) in [6.45, 7) is 0.780. The zero-order chi connectivity index (χ0) is 19.5. The molecular formula is C19H18N4O4S. The highest BCUT2D eigenvalue weighted by atomic mass is 32.2. The van der Waals surface area contributed by atoms with E-state index < -0.39 is 15.6 Å². The van der Waals surface area contributed by atoms with Crippen molar-refractivity contribution in [3.05, 3.63) is 48.8 Å². The average Bonchev–Trinajstić information content (AvgIpc) is 3.35. The normalized spacial score (nSPS) is 21.9. The van der Waals surface area contributed by atoms with Crippen LogP contribution in [0.25, 0.3) is 11.0 Å². The summed E-state index contributed by atoms with van der Waals surface area (Å²) in [5.74, 6) is -0.0741. The Morgan fingerprint density at radius 2 is 2.00 bits per heavy atom. The molecule has 1 unspecified atom stereocenters. The molecule has 1 fully saturated rings. The SMILES string of the molecule is CN1C(=O)C2(CCOC2)Nc2c1cnc1c2ccn1S(=O)(=O)c1ccccc1. The minimum Gasteiger partial charge on any atom is -0.378 e. The third kappa shape index (κ3) is 2.23. The van der Waals surface area contributed by atoms with Crippen LogP contribution < -0.4 is 10.2 Å². The number of rotatable bonds is 2. The Kier molecular flexibility index (Phi) is 3.56. The fraction of sp³-hybridized carbons (Fsp3) is 0.263. The Morgan fingerprint density at radius 1 is 1.21 bits per heavy atom. The van der Waals surface area contributed by atoms with Gasteiger partial charge in [0.05, 0.1) is 29.1 Å². The smallest absolute Gasteiger partial charge is 0.269 e. The standard InChI is InChI=1S/C19H18N4O4S/c1-22-15-11-20-17-14(16(15)21-19(18(22)24)8-10-27-12-19)7-9-23(17)28(25,26)13-5-3-2-4-6-13/h2-7,9,11,21H,8,10,12H2,1H3. The second kappa shape index (κ2) is 5.79. The molecule has 5 rings (SSSR count). The van der Waals surface area contributed by atoms with E-state index in [9.17, 15) is 13.2 Å². The molecule has 1 amide bonds. The van der Waals surface area contributed by atoms with E-state index in [-0.39, 0.29) is 17.4 Å². The van der Waals surface area contributed by atoms with E-state index in [1.807, 2.05) is 0 Å². The van der Waals surface area contributed by atoms with Crippen LogP contribution in [0.1, 0.15) is 6.42 Å². The number of anilines is 2. The number of carbonyl (C=O) groups is 1. The van der Waals surface area contributed by atoms with Crippen molar-refractivity contribution in [3.8, 4) is 0 Å². The first-order valence-corrected chi connectivity index (χ1v) is 10.3. The topological polar surface area (TPSA) is 93.5 Å². The molecule has 28 heavy (non-hydrogen) atoms. The number of nitrogens with one attached hydrogen (secondary N) is 1. The van der Waals surface area contributed by atoms with Gasteiger partial charge in [-0.15, -0.1) is 0 Å². The van der Waals surface area contributed by atoms with E-state index in [0.717, 1.165) is 0 Å². The molecule has 9 heteroatoms. The number of hydrogen-bond acceptors (Lipinski definition) is 6. The minimum absolute atomic E-state index is 0.0741. The summed E-state index contributed by atoms with van der Waals surface area (Å²) in [6.07, 6.45) is 3.58. The highest BCUT2D eigenvalue weighted by molar-refractivity contribution is 7.90. The largest absolute Gasteiger partial charge is 0.378 e. The van der Waals surface area contributed by atoms with Gasteiger partial charge in [0.2, 0.25) is 0 Å². The molecule has 3 aromatic rings. The van der Waals surface area contributed by atoms with Crippen molar-refractivity contribution in [1.82, 2.24) is 8.96 Å². The molecule has 0 radical (unpaired) electrons. The maximum atomic E-state index is 13.1. The lowest BCUT2D eigenvalue weighted by Crippen LogP contribution is -2.57. The van der Waals surface area contributed by atoms with E-state index in [0.29, 0.717) is 35.4 Å². The van der Waals surface area contributed by atoms with E-state index >= 15 is 0 Å². The third-order valence-electron chi connectivity index (χ3n) is 5.42. The van der Waals surface area contributed by atoms with Gasteiger partial charge in [-0.05, 0) is 18.2 Å². The Bertz CT molecular complexity index is 1200. The van der Waals surface area contributed by atoms with E-state index in [2.05, 4.69) is 10.3 Å². The fourth-order valence-corrected chi connectivity index (χ4v) is 5.22. The van der Waals surface area contributed by atoms with Crippen molar-refractivity contribution in [3.63, 3.8) is 0 Å². The number of likely N-dealkylation sites (N-methyl/N-ethyl adjacent to an activating group) is 1. The van der Waals surface area contributed by atoms with Crippen LogP contribution in [-0.4, -0.2) is 49.1 Å². The molecule has 2 aromatic heterocycles. The first-order chi connectivity index (χ1) is 13.4. The summed E-state index contributed by atoms with van der Waals surface area (Å²) < 4.78 is 32.8. The van der Waals surface area contributed by atoms with Crippen molar-refractivity contribution in [1.29, 1.82) is 0 Å². The molecule has 0 aliphatic carbocycles. The lowest BCUT2D eigenvalue weighted by atomic mass is 9.93. The summed E-state index contributed by atoms with van der Waals surface area (Å²) >= 11 is 0. The summed E-state index contributed by atoms with van der Waals surface area (Å²) in [5, 5.41) is 3.98. The van der Waals surface area contributed by atoms with Crippen LogP contribution in [0.2, 0.25) is 0 Å². The number of hydrogen-bond donors (Lipinski definition) is 1. The summed E-state index contributed by atoms with van der Waals surface area (Å²) in [5.41, 5.74) is 0.799. The number of ether oxygens (including phenoxy) is 1. The second-order valence-electron chi connectivity index (χ2n) is 7.06. The Balaban J connectivity index is 1.70. The minimum atomic E-state index is -3.78. The van der Waals surface area contributed by atoms with Gasteiger partial charge >= 0.3 is 0 Å². The molecule has 2 aliphatic heterocycles.